The second kappa shape index (κ2) is 6.43. The van der Waals surface area contributed by atoms with E-state index in [9.17, 15) is 0 Å². The summed E-state index contributed by atoms with van der Waals surface area (Å²) in [5.74, 6) is 2.41. The number of benzene rings is 2. The van der Waals surface area contributed by atoms with E-state index in [2.05, 4.69) is 43.3 Å². The molecule has 0 N–H and O–H groups in total. The summed E-state index contributed by atoms with van der Waals surface area (Å²) >= 11 is 0. The zero-order valence-corrected chi connectivity index (χ0v) is 13.7. The minimum absolute atomic E-state index is 0.382. The Kier molecular flexibility index (Phi) is 4.37. The van der Waals surface area contributed by atoms with Crippen molar-refractivity contribution in [1.29, 1.82) is 0 Å². The van der Waals surface area contributed by atoms with Gasteiger partial charge in [-0.3, -0.25) is 0 Å². The topological polar surface area (TPSA) is 18.5 Å². The van der Waals surface area contributed by atoms with Crippen molar-refractivity contribution in [3.05, 3.63) is 58.7 Å². The smallest absolute Gasteiger partial charge is 0.122 e. The van der Waals surface area contributed by atoms with E-state index in [1.54, 1.807) is 14.2 Å². The zero-order valence-electron chi connectivity index (χ0n) is 13.7. The Balaban J connectivity index is 2.06. The average molecular weight is 296 g/mol. The fourth-order valence-electron chi connectivity index (χ4n) is 3.35. The van der Waals surface area contributed by atoms with E-state index in [1.165, 1.54) is 35.1 Å². The molecular formula is C20H24O2. The van der Waals surface area contributed by atoms with E-state index < -0.39 is 0 Å². The number of aryl methyl sites for hydroxylation is 2. The summed E-state index contributed by atoms with van der Waals surface area (Å²) in [4.78, 5) is 0. The van der Waals surface area contributed by atoms with Crippen molar-refractivity contribution >= 4 is 0 Å². The van der Waals surface area contributed by atoms with Crippen LogP contribution in [0.2, 0.25) is 0 Å². The minimum atomic E-state index is 0.382. The molecule has 0 fully saturated rings. The molecule has 0 radical (unpaired) electrons. The van der Waals surface area contributed by atoms with Crippen LogP contribution in [0.5, 0.6) is 11.5 Å². The van der Waals surface area contributed by atoms with Gasteiger partial charge in [0.1, 0.15) is 11.5 Å². The molecule has 4 bridgehead atoms. The van der Waals surface area contributed by atoms with Gasteiger partial charge in [0.05, 0.1) is 14.2 Å². The molecule has 1 aliphatic carbocycles. The van der Waals surface area contributed by atoms with Crippen LogP contribution in [0.3, 0.4) is 0 Å². The fourth-order valence-corrected chi connectivity index (χ4v) is 3.35. The molecule has 0 heterocycles. The summed E-state index contributed by atoms with van der Waals surface area (Å²) in [5.41, 5.74) is 5.37. The lowest BCUT2D eigenvalue weighted by Crippen LogP contribution is -2.00. The second-order valence-electron chi connectivity index (χ2n) is 6.07. The summed E-state index contributed by atoms with van der Waals surface area (Å²) in [7, 11) is 3.52. The number of ether oxygens (including phenoxy) is 2. The maximum Gasteiger partial charge on any atom is 0.122 e. The molecule has 2 heteroatoms. The van der Waals surface area contributed by atoms with Crippen LogP contribution < -0.4 is 9.47 Å². The van der Waals surface area contributed by atoms with Crippen molar-refractivity contribution in [2.45, 2.75) is 38.5 Å². The molecule has 2 aromatic rings. The largest absolute Gasteiger partial charge is 0.496 e. The standard InChI is InChI=1S/C20H24O2/c1-14-15-8-10-19(21-2)17(12-15)6-4-5-7-18-13-16(14)9-11-20(18)22-3/h8-14H,4-7H2,1-3H3. The lowest BCUT2D eigenvalue weighted by molar-refractivity contribution is 0.407. The Morgan fingerprint density at radius 2 is 1.23 bits per heavy atom. The van der Waals surface area contributed by atoms with E-state index >= 15 is 0 Å². The molecule has 2 nitrogen and oxygen atoms in total. The quantitative estimate of drug-likeness (QED) is 0.797. The molecule has 0 aliphatic heterocycles. The van der Waals surface area contributed by atoms with E-state index in [0.29, 0.717) is 5.92 Å². The third kappa shape index (κ3) is 2.83. The first-order chi connectivity index (χ1) is 10.7. The van der Waals surface area contributed by atoms with Crippen LogP contribution in [0, 0.1) is 0 Å². The third-order valence-corrected chi connectivity index (χ3v) is 4.75. The summed E-state index contributed by atoms with van der Waals surface area (Å²) in [6.07, 6.45) is 4.48. The Morgan fingerprint density at radius 1 is 0.773 bits per heavy atom. The fraction of sp³-hybridized carbons (Fsp3) is 0.400. The van der Waals surface area contributed by atoms with Crippen molar-refractivity contribution in [2.24, 2.45) is 0 Å². The molecule has 116 valence electrons. The zero-order chi connectivity index (χ0) is 15.5. The molecule has 2 aromatic carbocycles. The number of fused-ring (bicyclic) bond motifs is 4. The van der Waals surface area contributed by atoms with E-state index in [1.807, 2.05) is 0 Å². The van der Waals surface area contributed by atoms with Gasteiger partial charge in [-0.15, -0.1) is 0 Å². The summed E-state index contributed by atoms with van der Waals surface area (Å²) in [6, 6.07) is 13.2. The van der Waals surface area contributed by atoms with Crippen LogP contribution in [0.15, 0.2) is 36.4 Å². The molecule has 1 aliphatic rings. The lowest BCUT2D eigenvalue weighted by Gasteiger charge is -2.17. The van der Waals surface area contributed by atoms with Gasteiger partial charge in [0.25, 0.3) is 0 Å². The molecule has 3 rings (SSSR count). The maximum absolute atomic E-state index is 5.52. The van der Waals surface area contributed by atoms with Crippen LogP contribution in [0.25, 0.3) is 0 Å². The first-order valence-corrected chi connectivity index (χ1v) is 8.06. The molecule has 0 atom stereocenters. The van der Waals surface area contributed by atoms with Crippen LogP contribution in [-0.2, 0) is 12.8 Å². The van der Waals surface area contributed by atoms with Crippen molar-refractivity contribution in [3.63, 3.8) is 0 Å². The Bertz CT molecular complexity index is 603. The first-order valence-electron chi connectivity index (χ1n) is 8.06. The van der Waals surface area contributed by atoms with E-state index in [0.717, 1.165) is 24.3 Å². The van der Waals surface area contributed by atoms with Crippen LogP contribution in [0.4, 0.5) is 0 Å². The minimum Gasteiger partial charge on any atom is -0.496 e. The Hall–Kier alpha value is -1.96. The monoisotopic (exact) mass is 296 g/mol. The maximum atomic E-state index is 5.52. The van der Waals surface area contributed by atoms with Crippen LogP contribution in [-0.4, -0.2) is 14.2 Å². The Morgan fingerprint density at radius 3 is 1.64 bits per heavy atom. The van der Waals surface area contributed by atoms with Gasteiger partial charge in [0.2, 0.25) is 0 Å². The predicted octanol–water partition coefficient (Wildman–Crippen LogP) is 4.73. The number of hydrogen-bond donors (Lipinski definition) is 0. The molecular weight excluding hydrogens is 272 g/mol. The first kappa shape index (κ1) is 15.0. The van der Waals surface area contributed by atoms with Crippen molar-refractivity contribution < 1.29 is 9.47 Å². The highest BCUT2D eigenvalue weighted by Crippen LogP contribution is 2.33. The molecule has 0 aromatic heterocycles. The van der Waals surface area contributed by atoms with Gasteiger partial charge in [-0.25, -0.2) is 0 Å². The summed E-state index contributed by atoms with van der Waals surface area (Å²) in [6.45, 7) is 2.27. The van der Waals surface area contributed by atoms with Crippen molar-refractivity contribution in [3.8, 4) is 11.5 Å². The SMILES string of the molecule is COc1ccc2cc1CCCCc1cc(ccc1OC)C2C. The molecule has 0 amide bonds. The normalized spacial score (nSPS) is 15.0. The molecule has 22 heavy (non-hydrogen) atoms. The number of methoxy groups -OCH3 is 2. The molecule has 0 spiro atoms. The predicted molar refractivity (Wildman–Crippen MR) is 90.1 cm³/mol. The third-order valence-electron chi connectivity index (χ3n) is 4.75. The average Bonchev–Trinajstić information content (AvgIpc) is 2.58. The van der Waals surface area contributed by atoms with Crippen molar-refractivity contribution in [2.75, 3.05) is 14.2 Å². The van der Waals surface area contributed by atoms with Gasteiger partial charge in [-0.2, -0.15) is 0 Å². The highest BCUT2D eigenvalue weighted by Gasteiger charge is 2.15. The van der Waals surface area contributed by atoms with E-state index in [4.69, 9.17) is 9.47 Å². The summed E-state index contributed by atoms with van der Waals surface area (Å²) < 4.78 is 11.0. The lowest BCUT2D eigenvalue weighted by atomic mass is 9.90. The van der Waals surface area contributed by atoms with Gasteiger partial charge in [-0.05, 0) is 60.1 Å². The van der Waals surface area contributed by atoms with E-state index in [-0.39, 0.29) is 0 Å². The van der Waals surface area contributed by atoms with Crippen LogP contribution in [0.1, 0.15) is 47.9 Å². The molecule has 0 unspecified atom stereocenters. The van der Waals surface area contributed by atoms with Crippen LogP contribution >= 0.6 is 0 Å². The molecule has 0 saturated carbocycles. The van der Waals surface area contributed by atoms with Gasteiger partial charge < -0.3 is 9.47 Å². The van der Waals surface area contributed by atoms with Gasteiger partial charge in [0, 0.05) is 5.92 Å². The number of rotatable bonds is 2. The van der Waals surface area contributed by atoms with Crippen molar-refractivity contribution in [1.82, 2.24) is 0 Å². The van der Waals surface area contributed by atoms with Gasteiger partial charge >= 0.3 is 0 Å². The van der Waals surface area contributed by atoms with Gasteiger partial charge in [0.15, 0.2) is 0 Å². The Labute approximate surface area is 133 Å². The summed E-state index contributed by atoms with van der Waals surface area (Å²) in [5, 5.41) is 0. The highest BCUT2D eigenvalue weighted by atomic mass is 16.5. The number of hydrogen-bond acceptors (Lipinski definition) is 2. The second-order valence-corrected chi connectivity index (χ2v) is 6.07. The highest BCUT2D eigenvalue weighted by molar-refractivity contribution is 5.45. The van der Waals surface area contributed by atoms with Gasteiger partial charge in [-0.1, -0.05) is 31.2 Å². The molecule has 0 saturated heterocycles.